The molecule has 1 aromatic heterocycles. The number of hydrogen-bond donors (Lipinski definition) is 1. The number of hydrogen-bond acceptors (Lipinski definition) is 5. The van der Waals surface area contributed by atoms with Crippen LogP contribution in [0.4, 0.5) is 5.69 Å². The first-order chi connectivity index (χ1) is 17.1. The zero-order valence-corrected chi connectivity index (χ0v) is 22.3. The topological polar surface area (TPSA) is 92.5 Å². The average Bonchev–Trinajstić information content (AvgIpc) is 3.19. The molecule has 7 nitrogen and oxygen atoms in total. The molecule has 1 aliphatic heterocycles. The maximum atomic E-state index is 13.7. The van der Waals surface area contributed by atoms with E-state index in [1.165, 1.54) is 9.87 Å². The maximum Gasteiger partial charge on any atom is 0.248 e. The third kappa shape index (κ3) is 5.44. The van der Waals surface area contributed by atoms with Gasteiger partial charge in [0.1, 0.15) is 5.69 Å². The lowest BCUT2D eigenvalue weighted by atomic mass is 9.98. The van der Waals surface area contributed by atoms with Crippen LogP contribution < -0.4 is 5.32 Å². The van der Waals surface area contributed by atoms with Gasteiger partial charge in [-0.2, -0.15) is 4.31 Å². The summed E-state index contributed by atoms with van der Waals surface area (Å²) in [6.45, 7) is 10.1. The molecule has 0 bridgehead atoms. The summed E-state index contributed by atoms with van der Waals surface area (Å²) in [5.74, 6) is -0.419. The van der Waals surface area contributed by atoms with Crippen molar-refractivity contribution in [2.75, 3.05) is 18.4 Å². The molecule has 2 heterocycles. The van der Waals surface area contributed by atoms with Gasteiger partial charge >= 0.3 is 0 Å². The Labute approximate surface area is 213 Å². The molecule has 1 fully saturated rings. The lowest BCUT2D eigenvalue weighted by molar-refractivity contribution is -0.120. The van der Waals surface area contributed by atoms with Crippen molar-refractivity contribution < 1.29 is 17.7 Å². The number of aryl methyl sites for hydroxylation is 5. The summed E-state index contributed by atoms with van der Waals surface area (Å²) in [5, 5.41) is 6.89. The molecular weight excluding hydrogens is 474 g/mol. The van der Waals surface area contributed by atoms with Crippen LogP contribution in [0.2, 0.25) is 0 Å². The zero-order chi connectivity index (χ0) is 26.0. The molecule has 4 rings (SSSR count). The summed E-state index contributed by atoms with van der Waals surface area (Å²) in [6, 6.07) is 11.7. The smallest absolute Gasteiger partial charge is 0.248 e. The second-order valence-electron chi connectivity index (χ2n) is 9.67. The van der Waals surface area contributed by atoms with Gasteiger partial charge in [0.15, 0.2) is 10.7 Å². The molecule has 36 heavy (non-hydrogen) atoms. The second kappa shape index (κ2) is 10.4. The molecule has 1 amide bonds. The van der Waals surface area contributed by atoms with Crippen molar-refractivity contribution in [3.05, 3.63) is 75.7 Å². The lowest BCUT2D eigenvalue weighted by Gasteiger charge is -2.31. The number of nitrogens with one attached hydrogen (secondary N) is 1. The summed E-state index contributed by atoms with van der Waals surface area (Å²) < 4.78 is 34.2. The Morgan fingerprint density at radius 3 is 2.47 bits per heavy atom. The van der Waals surface area contributed by atoms with Crippen molar-refractivity contribution in [2.24, 2.45) is 5.92 Å². The third-order valence-corrected chi connectivity index (χ3v) is 8.64. The van der Waals surface area contributed by atoms with E-state index in [0.29, 0.717) is 30.8 Å². The van der Waals surface area contributed by atoms with Crippen LogP contribution in [0.5, 0.6) is 0 Å². The Kier molecular flexibility index (Phi) is 7.47. The largest absolute Gasteiger partial charge is 0.355 e. The second-order valence-corrected chi connectivity index (χ2v) is 11.5. The maximum absolute atomic E-state index is 13.7. The summed E-state index contributed by atoms with van der Waals surface area (Å²) in [7, 11) is -3.91. The highest BCUT2D eigenvalue weighted by atomic mass is 32.2. The quantitative estimate of drug-likeness (QED) is 0.481. The van der Waals surface area contributed by atoms with Gasteiger partial charge < -0.3 is 9.84 Å². The fourth-order valence-electron chi connectivity index (χ4n) is 4.88. The average molecular weight is 508 g/mol. The highest BCUT2D eigenvalue weighted by Crippen LogP contribution is 2.30. The lowest BCUT2D eigenvalue weighted by Crippen LogP contribution is -2.43. The fraction of sp³-hybridized carbons (Fsp3) is 0.357. The van der Waals surface area contributed by atoms with Crippen LogP contribution in [-0.2, 0) is 14.8 Å². The molecule has 190 valence electrons. The number of piperidine rings is 1. The van der Waals surface area contributed by atoms with E-state index in [1.54, 1.807) is 13.0 Å². The number of nitrogens with zero attached hydrogens (tertiary/aromatic N) is 2. The van der Waals surface area contributed by atoms with Crippen LogP contribution in [0.25, 0.3) is 12.2 Å². The SMILES string of the molecule is Cc1cccc(NC(=O)[C@@H]2CCCN(S(=O)(=O)c3c(C)noc3/C=C/c3c(C)cc(C)cc3C)C2)c1. The molecule has 3 aromatic rings. The van der Waals surface area contributed by atoms with Crippen LogP contribution >= 0.6 is 0 Å². The minimum Gasteiger partial charge on any atom is -0.355 e. The number of amides is 1. The molecule has 1 N–H and O–H groups in total. The number of carbonyl (C=O) groups excluding carboxylic acids is 1. The molecule has 1 saturated heterocycles. The monoisotopic (exact) mass is 507 g/mol. The zero-order valence-electron chi connectivity index (χ0n) is 21.5. The number of aromatic nitrogens is 1. The standard InChI is InChI=1S/C28H33N3O4S/c1-18-8-6-10-24(16-18)29-28(32)23-9-7-13-31(17-23)36(33,34)27-22(5)30-35-26(27)12-11-25-20(3)14-19(2)15-21(25)4/h6,8,10-12,14-16,23H,7,9,13,17H2,1-5H3,(H,29,32)/b12-11+/t23-/m1/s1. The van der Waals surface area contributed by atoms with Crippen LogP contribution in [0.3, 0.4) is 0 Å². The number of anilines is 1. The molecule has 0 saturated carbocycles. The number of rotatable bonds is 6. The molecule has 0 spiro atoms. The first-order valence-corrected chi connectivity index (χ1v) is 13.6. The van der Waals surface area contributed by atoms with E-state index in [1.807, 2.05) is 58.0 Å². The van der Waals surface area contributed by atoms with E-state index >= 15 is 0 Å². The highest BCUT2D eigenvalue weighted by molar-refractivity contribution is 7.89. The Bertz CT molecular complexity index is 1400. The molecule has 0 aliphatic carbocycles. The minimum atomic E-state index is -3.91. The van der Waals surface area contributed by atoms with Crippen molar-refractivity contribution in [3.8, 4) is 0 Å². The summed E-state index contributed by atoms with van der Waals surface area (Å²) in [6.07, 6.45) is 4.77. The number of benzene rings is 2. The van der Waals surface area contributed by atoms with Gasteiger partial charge in [0.05, 0.1) is 5.92 Å². The van der Waals surface area contributed by atoms with E-state index in [0.717, 1.165) is 22.3 Å². The van der Waals surface area contributed by atoms with Gasteiger partial charge in [-0.3, -0.25) is 4.79 Å². The molecule has 1 atom stereocenters. The predicted octanol–water partition coefficient (Wildman–Crippen LogP) is 5.43. The summed E-state index contributed by atoms with van der Waals surface area (Å²) in [4.78, 5) is 13.0. The molecular formula is C28H33N3O4S. The van der Waals surface area contributed by atoms with Crippen molar-refractivity contribution in [1.82, 2.24) is 9.46 Å². The Morgan fingerprint density at radius 1 is 1.06 bits per heavy atom. The number of carbonyl (C=O) groups is 1. The molecule has 8 heteroatoms. The van der Waals surface area contributed by atoms with E-state index in [2.05, 4.69) is 22.6 Å². The Hall–Kier alpha value is -3.23. The first-order valence-electron chi connectivity index (χ1n) is 12.2. The van der Waals surface area contributed by atoms with E-state index in [4.69, 9.17) is 4.52 Å². The van der Waals surface area contributed by atoms with Crippen LogP contribution in [0.15, 0.2) is 45.8 Å². The van der Waals surface area contributed by atoms with E-state index in [9.17, 15) is 13.2 Å². The summed E-state index contributed by atoms with van der Waals surface area (Å²) >= 11 is 0. The highest BCUT2D eigenvalue weighted by Gasteiger charge is 2.37. The van der Waals surface area contributed by atoms with E-state index < -0.39 is 15.9 Å². The van der Waals surface area contributed by atoms with Crippen LogP contribution in [-0.4, -0.2) is 36.9 Å². The molecule has 0 unspecified atom stereocenters. The van der Waals surface area contributed by atoms with Crippen molar-refractivity contribution >= 4 is 33.8 Å². The normalized spacial score (nSPS) is 17.0. The number of sulfonamides is 1. The van der Waals surface area contributed by atoms with Gasteiger partial charge in [-0.25, -0.2) is 8.42 Å². The van der Waals surface area contributed by atoms with Gasteiger partial charge in [-0.05, 0) is 87.9 Å². The molecule has 0 radical (unpaired) electrons. The van der Waals surface area contributed by atoms with Gasteiger partial charge in [0.2, 0.25) is 15.9 Å². The Balaban J connectivity index is 1.56. The molecule has 1 aliphatic rings. The van der Waals surface area contributed by atoms with Gasteiger partial charge in [-0.15, -0.1) is 0 Å². The van der Waals surface area contributed by atoms with E-state index in [-0.39, 0.29) is 23.1 Å². The van der Waals surface area contributed by atoms with Crippen LogP contribution in [0, 0.1) is 40.5 Å². The van der Waals surface area contributed by atoms with Crippen molar-refractivity contribution in [3.63, 3.8) is 0 Å². The van der Waals surface area contributed by atoms with Crippen molar-refractivity contribution in [2.45, 2.75) is 52.4 Å². The van der Waals surface area contributed by atoms with Gasteiger partial charge in [0.25, 0.3) is 0 Å². The summed E-state index contributed by atoms with van der Waals surface area (Å²) in [5.41, 5.74) is 6.45. The molecule has 2 aromatic carbocycles. The third-order valence-electron chi connectivity index (χ3n) is 6.61. The van der Waals surface area contributed by atoms with Crippen molar-refractivity contribution in [1.29, 1.82) is 0 Å². The first kappa shape index (κ1) is 25.9. The minimum absolute atomic E-state index is 0.0564. The van der Waals surface area contributed by atoms with Gasteiger partial charge in [-0.1, -0.05) is 41.1 Å². The predicted molar refractivity (Wildman–Crippen MR) is 142 cm³/mol. The van der Waals surface area contributed by atoms with Gasteiger partial charge in [0, 0.05) is 18.8 Å². The fourth-order valence-corrected chi connectivity index (χ4v) is 6.66. The van der Waals surface area contributed by atoms with Crippen LogP contribution in [0.1, 0.15) is 52.1 Å². The Morgan fingerprint density at radius 2 is 1.78 bits per heavy atom.